The lowest BCUT2D eigenvalue weighted by Crippen LogP contribution is -2.20. The number of hydrogen-bond donors (Lipinski definition) is 1. The topological polar surface area (TPSA) is 71.3 Å². The van der Waals surface area contributed by atoms with E-state index in [4.69, 9.17) is 4.42 Å². The third-order valence-corrected chi connectivity index (χ3v) is 3.55. The van der Waals surface area contributed by atoms with Crippen LogP contribution in [-0.2, 0) is 0 Å². The molecular weight excluding hydrogens is 324 g/mol. The monoisotopic (exact) mass is 336 g/mol. The number of nitrogens with zero attached hydrogens (tertiary/aromatic N) is 3. The van der Waals surface area contributed by atoms with Crippen LogP contribution in [0, 0.1) is 0 Å². The summed E-state index contributed by atoms with van der Waals surface area (Å²) in [4.78, 5) is 22.4. The summed E-state index contributed by atoms with van der Waals surface area (Å²) in [6.07, 6.45) is 3.81. The quantitative estimate of drug-likeness (QED) is 0.932. The van der Waals surface area contributed by atoms with Crippen molar-refractivity contribution in [3.63, 3.8) is 0 Å². The fourth-order valence-corrected chi connectivity index (χ4v) is 2.46. The van der Waals surface area contributed by atoms with Crippen LogP contribution < -0.4 is 10.2 Å². The van der Waals surface area contributed by atoms with Gasteiger partial charge in [0.1, 0.15) is 18.0 Å². The van der Waals surface area contributed by atoms with Crippen molar-refractivity contribution in [2.75, 3.05) is 23.3 Å². The normalized spacial score (nSPS) is 14.6. The van der Waals surface area contributed by atoms with Crippen LogP contribution in [0.1, 0.15) is 23.4 Å². The maximum absolute atomic E-state index is 12.0. The Labute approximate surface area is 124 Å². The van der Waals surface area contributed by atoms with Gasteiger partial charge in [-0.3, -0.25) is 4.79 Å². The van der Waals surface area contributed by atoms with Gasteiger partial charge in [-0.2, -0.15) is 0 Å². The van der Waals surface area contributed by atoms with E-state index >= 15 is 0 Å². The summed E-state index contributed by atoms with van der Waals surface area (Å²) in [6, 6.07) is 5.05. The third kappa shape index (κ3) is 2.82. The second kappa shape index (κ2) is 5.62. The minimum absolute atomic E-state index is 0.234. The second-order valence-corrected chi connectivity index (χ2v) is 5.30. The number of anilines is 2. The SMILES string of the molecule is O=C(Nc1cc(N2CCCC2)ncn1)c1ccc(Br)o1. The highest BCUT2D eigenvalue weighted by atomic mass is 79.9. The summed E-state index contributed by atoms with van der Waals surface area (Å²) >= 11 is 3.16. The van der Waals surface area contributed by atoms with E-state index in [-0.39, 0.29) is 11.7 Å². The highest BCUT2D eigenvalue weighted by Crippen LogP contribution is 2.20. The summed E-state index contributed by atoms with van der Waals surface area (Å²) in [5, 5.41) is 2.70. The number of carbonyl (C=O) groups is 1. The fraction of sp³-hybridized carbons (Fsp3) is 0.308. The van der Waals surface area contributed by atoms with Crippen LogP contribution in [0.2, 0.25) is 0 Å². The minimum Gasteiger partial charge on any atom is -0.444 e. The molecule has 1 aliphatic heterocycles. The number of nitrogens with one attached hydrogen (secondary N) is 1. The molecule has 0 aliphatic carbocycles. The van der Waals surface area contributed by atoms with E-state index in [0.29, 0.717) is 10.5 Å². The number of furan rings is 1. The van der Waals surface area contributed by atoms with Crippen molar-refractivity contribution >= 4 is 33.5 Å². The molecule has 2 aromatic rings. The van der Waals surface area contributed by atoms with Gasteiger partial charge in [-0.25, -0.2) is 9.97 Å². The highest BCUT2D eigenvalue weighted by molar-refractivity contribution is 9.10. The van der Waals surface area contributed by atoms with Gasteiger partial charge in [-0.05, 0) is 40.9 Å². The molecule has 0 saturated carbocycles. The van der Waals surface area contributed by atoms with Crippen LogP contribution >= 0.6 is 15.9 Å². The molecule has 1 amide bonds. The molecule has 1 saturated heterocycles. The molecule has 0 unspecified atom stereocenters. The molecule has 6 nitrogen and oxygen atoms in total. The fourth-order valence-electron chi connectivity index (χ4n) is 2.15. The lowest BCUT2D eigenvalue weighted by Gasteiger charge is -2.16. The first-order chi connectivity index (χ1) is 9.72. The van der Waals surface area contributed by atoms with Gasteiger partial charge in [0.25, 0.3) is 5.91 Å². The van der Waals surface area contributed by atoms with Crippen molar-refractivity contribution in [3.05, 3.63) is 35.0 Å². The molecule has 104 valence electrons. The van der Waals surface area contributed by atoms with Crippen LogP contribution in [0.25, 0.3) is 0 Å². The van der Waals surface area contributed by atoms with Gasteiger partial charge < -0.3 is 14.6 Å². The van der Waals surface area contributed by atoms with E-state index in [1.54, 1.807) is 18.2 Å². The summed E-state index contributed by atoms with van der Waals surface area (Å²) in [5.41, 5.74) is 0. The largest absolute Gasteiger partial charge is 0.444 e. The number of amides is 1. The standard InChI is InChI=1S/C13H13BrN4O2/c14-10-4-3-9(20-10)13(19)17-11-7-12(16-8-15-11)18-5-1-2-6-18/h3-4,7-8H,1-2,5-6H2,(H,15,16,17,19). The van der Waals surface area contributed by atoms with Crippen LogP contribution in [0.4, 0.5) is 11.6 Å². The molecule has 0 bridgehead atoms. The van der Waals surface area contributed by atoms with Crippen molar-refractivity contribution in [3.8, 4) is 0 Å². The average Bonchev–Trinajstić information content (AvgIpc) is 3.10. The van der Waals surface area contributed by atoms with Crippen LogP contribution in [0.3, 0.4) is 0 Å². The van der Waals surface area contributed by atoms with E-state index < -0.39 is 0 Å². The van der Waals surface area contributed by atoms with E-state index in [1.165, 1.54) is 19.2 Å². The first-order valence-electron chi connectivity index (χ1n) is 6.36. The summed E-state index contributed by atoms with van der Waals surface area (Å²) in [7, 11) is 0. The summed E-state index contributed by atoms with van der Waals surface area (Å²) in [5.74, 6) is 1.22. The predicted molar refractivity (Wildman–Crippen MR) is 77.8 cm³/mol. The van der Waals surface area contributed by atoms with Gasteiger partial charge in [0, 0.05) is 19.2 Å². The lowest BCUT2D eigenvalue weighted by molar-refractivity contribution is 0.0995. The number of carbonyl (C=O) groups excluding carboxylic acids is 1. The molecule has 1 aliphatic rings. The Balaban J connectivity index is 1.74. The molecule has 1 N–H and O–H groups in total. The zero-order valence-electron chi connectivity index (χ0n) is 10.7. The molecule has 2 aromatic heterocycles. The molecule has 0 atom stereocenters. The first-order valence-corrected chi connectivity index (χ1v) is 7.15. The summed E-state index contributed by atoms with van der Waals surface area (Å²) in [6.45, 7) is 1.99. The zero-order chi connectivity index (χ0) is 13.9. The molecular formula is C13H13BrN4O2. The maximum atomic E-state index is 12.0. The second-order valence-electron chi connectivity index (χ2n) is 4.51. The molecule has 0 spiro atoms. The van der Waals surface area contributed by atoms with Crippen molar-refractivity contribution in [2.45, 2.75) is 12.8 Å². The average molecular weight is 337 g/mol. The van der Waals surface area contributed by atoms with Gasteiger partial charge >= 0.3 is 0 Å². The number of hydrogen-bond acceptors (Lipinski definition) is 5. The van der Waals surface area contributed by atoms with Crippen molar-refractivity contribution in [1.29, 1.82) is 0 Å². The molecule has 3 heterocycles. The van der Waals surface area contributed by atoms with Crippen molar-refractivity contribution in [2.24, 2.45) is 0 Å². The third-order valence-electron chi connectivity index (χ3n) is 3.12. The Hall–Kier alpha value is -1.89. The predicted octanol–water partition coefficient (Wildman–Crippen LogP) is 2.68. The number of aromatic nitrogens is 2. The Morgan fingerprint density at radius 3 is 2.80 bits per heavy atom. The lowest BCUT2D eigenvalue weighted by atomic mass is 10.4. The molecule has 20 heavy (non-hydrogen) atoms. The van der Waals surface area contributed by atoms with E-state index in [0.717, 1.165) is 18.9 Å². The van der Waals surface area contributed by atoms with Gasteiger partial charge in [0.15, 0.2) is 10.4 Å². The molecule has 7 heteroatoms. The van der Waals surface area contributed by atoms with Crippen LogP contribution in [-0.4, -0.2) is 29.0 Å². The van der Waals surface area contributed by atoms with Crippen molar-refractivity contribution in [1.82, 2.24) is 9.97 Å². The molecule has 1 fully saturated rings. The van der Waals surface area contributed by atoms with E-state index in [1.807, 2.05) is 0 Å². The number of rotatable bonds is 3. The maximum Gasteiger partial charge on any atom is 0.292 e. The first kappa shape index (κ1) is 13.1. The van der Waals surface area contributed by atoms with Gasteiger partial charge in [0.05, 0.1) is 0 Å². The van der Waals surface area contributed by atoms with E-state index in [2.05, 4.69) is 36.1 Å². The highest BCUT2D eigenvalue weighted by Gasteiger charge is 2.16. The molecule has 0 radical (unpaired) electrons. The Morgan fingerprint density at radius 1 is 1.30 bits per heavy atom. The Morgan fingerprint density at radius 2 is 2.10 bits per heavy atom. The molecule has 0 aromatic carbocycles. The van der Waals surface area contributed by atoms with Crippen molar-refractivity contribution < 1.29 is 9.21 Å². The molecule has 3 rings (SSSR count). The van der Waals surface area contributed by atoms with Crippen LogP contribution in [0.15, 0.2) is 33.6 Å². The summed E-state index contributed by atoms with van der Waals surface area (Å²) < 4.78 is 5.72. The Bertz CT molecular complexity index is 622. The van der Waals surface area contributed by atoms with Gasteiger partial charge in [-0.1, -0.05) is 0 Å². The Kier molecular flexibility index (Phi) is 3.68. The minimum atomic E-state index is -0.332. The van der Waals surface area contributed by atoms with E-state index in [9.17, 15) is 4.79 Å². The van der Waals surface area contributed by atoms with Gasteiger partial charge in [0.2, 0.25) is 0 Å². The van der Waals surface area contributed by atoms with Gasteiger partial charge in [-0.15, -0.1) is 0 Å². The smallest absolute Gasteiger partial charge is 0.292 e. The zero-order valence-corrected chi connectivity index (χ0v) is 12.3. The van der Waals surface area contributed by atoms with Crippen LogP contribution in [0.5, 0.6) is 0 Å². The number of halogens is 1.